The number of rotatable bonds is 5. The number of carbonyl (C=O) groups is 1. The van der Waals surface area contributed by atoms with Gasteiger partial charge in [-0.05, 0) is 26.7 Å². The van der Waals surface area contributed by atoms with Crippen molar-refractivity contribution in [2.75, 3.05) is 24.6 Å². The first-order valence-electron chi connectivity index (χ1n) is 8.83. The highest BCUT2D eigenvalue weighted by molar-refractivity contribution is 5.96. The van der Waals surface area contributed by atoms with Crippen molar-refractivity contribution in [3.05, 3.63) is 29.4 Å². The Morgan fingerprint density at radius 3 is 2.92 bits per heavy atom. The lowest BCUT2D eigenvalue weighted by molar-refractivity contribution is -0.116. The van der Waals surface area contributed by atoms with Gasteiger partial charge >= 0.3 is 0 Å². The van der Waals surface area contributed by atoms with Crippen LogP contribution in [-0.2, 0) is 16.1 Å². The summed E-state index contributed by atoms with van der Waals surface area (Å²) in [6, 6.07) is 0. The molecule has 0 aromatic carbocycles. The van der Waals surface area contributed by atoms with E-state index in [-0.39, 0.29) is 18.6 Å². The van der Waals surface area contributed by atoms with Crippen LogP contribution < -0.4 is 4.90 Å². The molecule has 140 valence electrons. The lowest BCUT2D eigenvalue weighted by atomic mass is 10.2. The number of anilines is 1. The molecule has 0 aliphatic carbocycles. The van der Waals surface area contributed by atoms with E-state index in [1.165, 1.54) is 4.90 Å². The molecule has 4 heterocycles. The summed E-state index contributed by atoms with van der Waals surface area (Å²) in [5.41, 5.74) is 2.36. The van der Waals surface area contributed by atoms with Crippen molar-refractivity contribution in [2.24, 2.45) is 0 Å². The number of hydrogen-bond donors (Lipinski definition) is 1. The van der Waals surface area contributed by atoms with Gasteiger partial charge in [0.1, 0.15) is 5.76 Å². The molecule has 9 nitrogen and oxygen atoms in total. The third-order valence-electron chi connectivity index (χ3n) is 5.03. The summed E-state index contributed by atoms with van der Waals surface area (Å²) in [4.78, 5) is 15.5. The molecule has 4 rings (SSSR count). The van der Waals surface area contributed by atoms with Gasteiger partial charge in [0, 0.05) is 24.9 Å². The van der Waals surface area contributed by atoms with E-state index in [9.17, 15) is 9.90 Å². The number of aromatic nitrogens is 3. The highest BCUT2D eigenvalue weighted by Crippen LogP contribution is 2.25. The summed E-state index contributed by atoms with van der Waals surface area (Å²) < 4.78 is 12.5. The van der Waals surface area contributed by atoms with Crippen LogP contribution >= 0.6 is 0 Å². The van der Waals surface area contributed by atoms with Crippen molar-refractivity contribution in [1.29, 1.82) is 0 Å². The van der Waals surface area contributed by atoms with E-state index >= 15 is 0 Å². The van der Waals surface area contributed by atoms with Gasteiger partial charge in [0.2, 0.25) is 5.91 Å². The quantitative estimate of drug-likeness (QED) is 0.835. The topological polar surface area (TPSA) is 96.9 Å². The summed E-state index contributed by atoms with van der Waals surface area (Å²) in [6.45, 7) is 5.72. The molecule has 1 amide bonds. The molecule has 1 N–H and O–H groups in total. The zero-order valence-electron chi connectivity index (χ0n) is 15.0. The molecule has 2 aromatic heterocycles. The van der Waals surface area contributed by atoms with Crippen molar-refractivity contribution < 1.29 is 19.2 Å². The van der Waals surface area contributed by atoms with E-state index < -0.39 is 6.35 Å². The summed E-state index contributed by atoms with van der Waals surface area (Å²) in [7, 11) is 0. The second-order valence-electron chi connectivity index (χ2n) is 6.87. The van der Waals surface area contributed by atoms with Crippen LogP contribution in [0.5, 0.6) is 0 Å². The number of aliphatic hydroxyl groups is 1. The van der Waals surface area contributed by atoms with Crippen LogP contribution in [0.2, 0.25) is 0 Å². The average molecular weight is 361 g/mol. The standard InChI is InChI=1S/C17H23N5O4/c1-11-15(12(2)26-19-11)9-21-7-13(6-18-21)22-16(23)10-20(17(22)24)8-14-4-3-5-25-14/h6-7,14,17,24H,3-5,8-10H2,1-2H3. The first-order chi connectivity index (χ1) is 12.5. The smallest absolute Gasteiger partial charge is 0.244 e. The zero-order chi connectivity index (χ0) is 18.3. The summed E-state index contributed by atoms with van der Waals surface area (Å²) >= 11 is 0. The predicted molar refractivity (Wildman–Crippen MR) is 91.3 cm³/mol. The molecule has 9 heteroatoms. The molecule has 0 bridgehead atoms. The first-order valence-corrected chi connectivity index (χ1v) is 8.83. The average Bonchev–Trinajstić information content (AvgIpc) is 3.37. The molecular weight excluding hydrogens is 338 g/mol. The maximum atomic E-state index is 12.4. The van der Waals surface area contributed by atoms with Crippen molar-refractivity contribution in [3.63, 3.8) is 0 Å². The maximum absolute atomic E-state index is 12.4. The van der Waals surface area contributed by atoms with Crippen LogP contribution in [0.15, 0.2) is 16.9 Å². The molecule has 2 aromatic rings. The number of hydrogen-bond acceptors (Lipinski definition) is 7. The lowest BCUT2D eigenvalue weighted by Gasteiger charge is -2.25. The molecule has 0 spiro atoms. The minimum atomic E-state index is -0.997. The van der Waals surface area contributed by atoms with E-state index in [4.69, 9.17) is 9.26 Å². The van der Waals surface area contributed by atoms with Gasteiger partial charge in [-0.15, -0.1) is 0 Å². The van der Waals surface area contributed by atoms with Gasteiger partial charge < -0.3 is 14.4 Å². The fourth-order valence-electron chi connectivity index (χ4n) is 3.56. The van der Waals surface area contributed by atoms with Crippen molar-refractivity contribution >= 4 is 11.6 Å². The van der Waals surface area contributed by atoms with Gasteiger partial charge in [0.05, 0.1) is 36.8 Å². The molecule has 2 aliphatic rings. The van der Waals surface area contributed by atoms with Crippen molar-refractivity contribution in [3.8, 4) is 0 Å². The lowest BCUT2D eigenvalue weighted by Crippen LogP contribution is -2.42. The molecule has 0 saturated carbocycles. The minimum absolute atomic E-state index is 0.0830. The van der Waals surface area contributed by atoms with Gasteiger partial charge in [0.25, 0.3) is 0 Å². The third kappa shape index (κ3) is 3.13. The second-order valence-corrected chi connectivity index (χ2v) is 6.87. The highest BCUT2D eigenvalue weighted by atomic mass is 16.5. The van der Waals surface area contributed by atoms with Gasteiger partial charge in [-0.2, -0.15) is 5.10 Å². The van der Waals surface area contributed by atoms with E-state index in [1.54, 1.807) is 22.0 Å². The second kappa shape index (κ2) is 6.82. The summed E-state index contributed by atoms with van der Waals surface area (Å²) in [6.07, 6.45) is 4.42. The Hall–Kier alpha value is -2.23. The normalized spacial score (nSPS) is 24.1. The first kappa shape index (κ1) is 17.2. The predicted octanol–water partition coefficient (Wildman–Crippen LogP) is 0.640. The van der Waals surface area contributed by atoms with Crippen molar-refractivity contribution in [1.82, 2.24) is 19.8 Å². The summed E-state index contributed by atoms with van der Waals surface area (Å²) in [5, 5.41) is 18.9. The fourth-order valence-corrected chi connectivity index (χ4v) is 3.56. The Bertz CT molecular complexity index is 775. The molecule has 26 heavy (non-hydrogen) atoms. The third-order valence-corrected chi connectivity index (χ3v) is 5.03. The summed E-state index contributed by atoms with van der Waals surface area (Å²) in [5.74, 6) is 0.604. The Kier molecular flexibility index (Phi) is 4.51. The van der Waals surface area contributed by atoms with E-state index in [0.29, 0.717) is 18.8 Å². The molecule has 2 atom stereocenters. The molecular formula is C17H23N5O4. The van der Waals surface area contributed by atoms with Crippen LogP contribution in [0.25, 0.3) is 0 Å². The molecule has 2 unspecified atom stereocenters. The number of carbonyl (C=O) groups excluding carboxylic acids is 1. The van der Waals surface area contributed by atoms with Gasteiger partial charge in [-0.3, -0.25) is 14.4 Å². The number of nitrogens with zero attached hydrogens (tertiary/aromatic N) is 5. The van der Waals surface area contributed by atoms with Gasteiger partial charge in [-0.25, -0.2) is 4.90 Å². The van der Waals surface area contributed by atoms with Crippen LogP contribution in [0, 0.1) is 13.8 Å². The Morgan fingerprint density at radius 1 is 1.38 bits per heavy atom. The van der Waals surface area contributed by atoms with Crippen LogP contribution in [0.3, 0.4) is 0 Å². The van der Waals surface area contributed by atoms with Gasteiger partial charge in [-0.1, -0.05) is 5.16 Å². The SMILES string of the molecule is Cc1noc(C)c1Cn1cc(N2C(=O)CN(CC3CCCO3)C2O)cn1. The monoisotopic (exact) mass is 361 g/mol. The van der Waals surface area contributed by atoms with Crippen LogP contribution in [-0.4, -0.2) is 63.0 Å². The fraction of sp³-hybridized carbons (Fsp3) is 0.588. The number of amides is 1. The molecule has 2 fully saturated rings. The number of aliphatic hydroxyl groups excluding tert-OH is 1. The van der Waals surface area contributed by atoms with Crippen LogP contribution in [0.4, 0.5) is 5.69 Å². The number of ether oxygens (including phenoxy) is 1. The van der Waals surface area contributed by atoms with E-state index in [0.717, 1.165) is 36.5 Å². The molecule has 2 aliphatic heterocycles. The maximum Gasteiger partial charge on any atom is 0.244 e. The van der Waals surface area contributed by atoms with E-state index in [2.05, 4.69) is 10.3 Å². The van der Waals surface area contributed by atoms with Gasteiger partial charge in [0.15, 0.2) is 6.35 Å². The zero-order valence-corrected chi connectivity index (χ0v) is 15.0. The minimum Gasteiger partial charge on any atom is -0.377 e. The Labute approximate surface area is 151 Å². The van der Waals surface area contributed by atoms with Crippen LogP contribution in [0.1, 0.15) is 29.9 Å². The van der Waals surface area contributed by atoms with Crippen molar-refractivity contribution in [2.45, 2.75) is 45.7 Å². The van der Waals surface area contributed by atoms with E-state index in [1.807, 2.05) is 13.8 Å². The Morgan fingerprint density at radius 2 is 2.23 bits per heavy atom. The number of aryl methyl sites for hydroxylation is 2. The Balaban J connectivity index is 1.47. The highest BCUT2D eigenvalue weighted by Gasteiger charge is 2.39. The molecule has 0 radical (unpaired) electrons. The largest absolute Gasteiger partial charge is 0.377 e. The molecule has 2 saturated heterocycles.